The fourth-order valence-corrected chi connectivity index (χ4v) is 3.02. The van der Waals surface area contributed by atoms with Crippen molar-refractivity contribution in [2.24, 2.45) is 5.92 Å². The van der Waals surface area contributed by atoms with Crippen LogP contribution in [0.4, 0.5) is 4.79 Å². The van der Waals surface area contributed by atoms with Crippen LogP contribution in [0.1, 0.15) is 60.8 Å². The lowest BCUT2D eigenvalue weighted by Gasteiger charge is -2.40. The molecule has 1 amide bonds. The molecule has 0 N–H and O–H groups in total. The summed E-state index contributed by atoms with van der Waals surface area (Å²) >= 11 is 2.35. The highest BCUT2D eigenvalue weighted by Crippen LogP contribution is 2.33. The Morgan fingerprint density at radius 1 is 1.32 bits per heavy atom. The van der Waals surface area contributed by atoms with Crippen molar-refractivity contribution < 1.29 is 14.3 Å². The molecule has 0 radical (unpaired) electrons. The van der Waals surface area contributed by atoms with Gasteiger partial charge in [-0.3, -0.25) is 0 Å². The second kappa shape index (κ2) is 8.18. The molecule has 1 rings (SSSR count). The Bertz CT molecular complexity index is 365. The Balaban J connectivity index is 2.65. The number of nitrogens with zero attached hydrogens (tertiary/aromatic N) is 1. The minimum absolute atomic E-state index is 0.255. The normalized spacial score (nSPS) is 20.0. The lowest BCUT2D eigenvalue weighted by atomic mass is 9.81. The first-order valence-electron chi connectivity index (χ1n) is 8.32. The lowest BCUT2D eigenvalue weighted by molar-refractivity contribution is -0.107. The summed E-state index contributed by atoms with van der Waals surface area (Å²) in [6.07, 6.45) is 3.85. The molecule has 5 heteroatoms. The van der Waals surface area contributed by atoms with Crippen molar-refractivity contribution in [3.8, 4) is 0 Å². The van der Waals surface area contributed by atoms with E-state index in [1.54, 1.807) is 4.90 Å². The van der Waals surface area contributed by atoms with E-state index in [1.807, 2.05) is 27.7 Å². The monoisotopic (exact) mass is 425 g/mol. The van der Waals surface area contributed by atoms with Crippen LogP contribution in [0, 0.1) is 5.92 Å². The molecule has 0 heterocycles. The molecule has 2 atom stereocenters. The van der Waals surface area contributed by atoms with Crippen LogP contribution in [0.2, 0.25) is 0 Å². The maximum Gasteiger partial charge on any atom is 0.410 e. The van der Waals surface area contributed by atoms with Gasteiger partial charge in [-0.25, -0.2) is 4.79 Å². The fourth-order valence-electron chi connectivity index (χ4n) is 2.60. The van der Waals surface area contributed by atoms with E-state index in [1.165, 1.54) is 19.3 Å². The highest BCUT2D eigenvalue weighted by atomic mass is 127. The molecule has 0 aromatic rings. The highest BCUT2D eigenvalue weighted by molar-refractivity contribution is 14.1. The molecular formula is C17H32INO3. The van der Waals surface area contributed by atoms with Crippen LogP contribution in [0.3, 0.4) is 0 Å². The van der Waals surface area contributed by atoms with Crippen LogP contribution >= 0.6 is 22.6 Å². The van der Waals surface area contributed by atoms with Crippen LogP contribution in [-0.2, 0) is 9.47 Å². The number of likely N-dealkylation sites (N-methyl/N-ethyl adjacent to an activating group) is 1. The number of carbonyl (C=O) groups excluding carboxylic acids is 1. The Morgan fingerprint density at radius 2 is 1.91 bits per heavy atom. The topological polar surface area (TPSA) is 38.8 Å². The predicted molar refractivity (Wildman–Crippen MR) is 98.7 cm³/mol. The van der Waals surface area contributed by atoms with Gasteiger partial charge in [0.2, 0.25) is 0 Å². The van der Waals surface area contributed by atoms with Gasteiger partial charge in [-0.1, -0.05) is 29.0 Å². The van der Waals surface area contributed by atoms with Crippen molar-refractivity contribution in [2.75, 3.05) is 17.5 Å². The average molecular weight is 425 g/mol. The van der Waals surface area contributed by atoms with Gasteiger partial charge in [0, 0.05) is 11.0 Å². The molecule has 1 saturated carbocycles. The summed E-state index contributed by atoms with van der Waals surface area (Å²) in [6.45, 7) is 13.1. The van der Waals surface area contributed by atoms with Crippen molar-refractivity contribution in [3.05, 3.63) is 0 Å². The maximum atomic E-state index is 12.3. The first-order chi connectivity index (χ1) is 10.1. The third-order valence-corrected chi connectivity index (χ3v) is 5.74. The lowest BCUT2D eigenvalue weighted by Crippen LogP contribution is -2.50. The SMILES string of the molecule is CCN(CC(C)(CI)OC(C)C1CCC1)C(=O)OC(C)(C)C. The summed E-state index contributed by atoms with van der Waals surface area (Å²) in [5.41, 5.74) is -0.798. The third-order valence-electron chi connectivity index (χ3n) is 4.13. The van der Waals surface area contributed by atoms with Gasteiger partial charge in [0.05, 0.1) is 18.2 Å². The average Bonchev–Trinajstić information content (AvgIpc) is 2.31. The summed E-state index contributed by atoms with van der Waals surface area (Å²) in [7, 11) is 0. The number of alkyl halides is 1. The molecule has 22 heavy (non-hydrogen) atoms. The van der Waals surface area contributed by atoms with Crippen LogP contribution in [0.5, 0.6) is 0 Å². The van der Waals surface area contributed by atoms with Gasteiger partial charge in [0.25, 0.3) is 0 Å². The standard InChI is InChI=1S/C17H32INO3/c1-7-19(15(20)22-16(3,4)5)12-17(6,11-18)21-13(2)14-9-8-10-14/h13-14H,7-12H2,1-6H3. The molecule has 0 aromatic heterocycles. The van der Waals surface area contributed by atoms with Gasteiger partial charge < -0.3 is 14.4 Å². The van der Waals surface area contributed by atoms with E-state index in [0.29, 0.717) is 19.0 Å². The summed E-state index contributed by atoms with van der Waals surface area (Å²) in [4.78, 5) is 14.1. The largest absolute Gasteiger partial charge is 0.444 e. The number of ether oxygens (including phenoxy) is 2. The second-order valence-electron chi connectivity index (χ2n) is 7.59. The molecule has 0 aliphatic heterocycles. The Labute approximate surface area is 149 Å². The first kappa shape index (κ1) is 20.0. The van der Waals surface area contributed by atoms with Crippen molar-refractivity contribution in [1.82, 2.24) is 4.90 Å². The molecule has 4 nitrogen and oxygen atoms in total. The molecule has 0 spiro atoms. The number of amides is 1. The summed E-state index contributed by atoms with van der Waals surface area (Å²) in [5.74, 6) is 0.680. The number of hydrogen-bond donors (Lipinski definition) is 0. The molecule has 2 unspecified atom stereocenters. The van der Waals surface area contributed by atoms with E-state index in [2.05, 4.69) is 36.4 Å². The van der Waals surface area contributed by atoms with Crippen LogP contribution in [-0.4, -0.2) is 45.8 Å². The molecule has 1 aliphatic carbocycles. The summed E-state index contributed by atoms with van der Waals surface area (Å²) in [5, 5.41) is 0. The van der Waals surface area contributed by atoms with Crippen LogP contribution in [0.25, 0.3) is 0 Å². The Hall–Kier alpha value is -0.0400. The van der Waals surface area contributed by atoms with Crippen molar-refractivity contribution in [1.29, 1.82) is 0 Å². The zero-order valence-electron chi connectivity index (χ0n) is 14.9. The van der Waals surface area contributed by atoms with Gasteiger partial charge in [0.15, 0.2) is 0 Å². The predicted octanol–water partition coefficient (Wildman–Crippen LogP) is 4.64. The zero-order valence-corrected chi connectivity index (χ0v) is 17.1. The van der Waals surface area contributed by atoms with Gasteiger partial charge in [0.1, 0.15) is 5.60 Å². The van der Waals surface area contributed by atoms with Gasteiger partial charge in [-0.15, -0.1) is 0 Å². The zero-order chi connectivity index (χ0) is 17.0. The second-order valence-corrected chi connectivity index (χ2v) is 8.35. The minimum atomic E-state index is -0.467. The molecular weight excluding hydrogens is 393 g/mol. The van der Waals surface area contributed by atoms with Gasteiger partial charge >= 0.3 is 6.09 Å². The number of hydrogen-bond acceptors (Lipinski definition) is 3. The number of rotatable bonds is 7. The maximum absolute atomic E-state index is 12.3. The van der Waals surface area contributed by atoms with Crippen molar-refractivity contribution in [2.45, 2.75) is 78.1 Å². The molecule has 0 bridgehead atoms. The summed E-state index contributed by atoms with van der Waals surface area (Å²) < 4.78 is 12.7. The summed E-state index contributed by atoms with van der Waals surface area (Å²) in [6, 6.07) is 0. The van der Waals surface area contributed by atoms with Crippen LogP contribution < -0.4 is 0 Å². The van der Waals surface area contributed by atoms with Crippen molar-refractivity contribution >= 4 is 28.7 Å². The van der Waals surface area contributed by atoms with Crippen LogP contribution in [0.15, 0.2) is 0 Å². The smallest absolute Gasteiger partial charge is 0.410 e. The van der Waals surface area contributed by atoms with E-state index in [-0.39, 0.29) is 17.8 Å². The molecule has 130 valence electrons. The minimum Gasteiger partial charge on any atom is -0.444 e. The van der Waals surface area contributed by atoms with E-state index in [4.69, 9.17) is 9.47 Å². The highest BCUT2D eigenvalue weighted by Gasteiger charge is 2.35. The molecule has 1 aliphatic rings. The van der Waals surface area contributed by atoms with Crippen molar-refractivity contribution in [3.63, 3.8) is 0 Å². The fraction of sp³-hybridized carbons (Fsp3) is 0.941. The van der Waals surface area contributed by atoms with Gasteiger partial charge in [-0.05, 0) is 60.3 Å². The quantitative estimate of drug-likeness (QED) is 0.441. The number of halogens is 1. The van der Waals surface area contributed by atoms with E-state index in [0.717, 1.165) is 4.43 Å². The Kier molecular flexibility index (Phi) is 7.43. The Morgan fingerprint density at radius 3 is 2.27 bits per heavy atom. The molecule has 1 fully saturated rings. The number of carbonyl (C=O) groups is 1. The third kappa shape index (κ3) is 6.22. The van der Waals surface area contributed by atoms with E-state index in [9.17, 15) is 4.79 Å². The van der Waals surface area contributed by atoms with Gasteiger partial charge in [-0.2, -0.15) is 0 Å². The first-order valence-corrected chi connectivity index (χ1v) is 9.84. The molecule has 0 saturated heterocycles. The van der Waals surface area contributed by atoms with E-state index < -0.39 is 5.60 Å². The molecule has 0 aromatic carbocycles. The van der Waals surface area contributed by atoms with E-state index >= 15 is 0 Å².